The van der Waals surface area contributed by atoms with Crippen molar-refractivity contribution in [3.05, 3.63) is 64.9 Å². The Labute approximate surface area is 100 Å². The Kier molecular flexibility index (Phi) is 3.40. The molecule has 3 N–H and O–H groups in total. The summed E-state index contributed by atoms with van der Waals surface area (Å²) in [7, 11) is 0. The molecule has 0 aliphatic carbocycles. The lowest BCUT2D eigenvalue weighted by atomic mass is 10.0. The zero-order valence-corrected chi connectivity index (χ0v) is 9.57. The molecular formula is C14H15N2O. The SMILES string of the molecule is [CH2]Cc1c[nH]cc(-c2ccc(CN)cc2)c1=O. The van der Waals surface area contributed by atoms with Crippen molar-refractivity contribution in [3.8, 4) is 11.1 Å². The van der Waals surface area contributed by atoms with Crippen LogP contribution in [-0.2, 0) is 13.0 Å². The van der Waals surface area contributed by atoms with E-state index in [2.05, 4.69) is 11.9 Å². The van der Waals surface area contributed by atoms with Gasteiger partial charge in [-0.3, -0.25) is 4.79 Å². The van der Waals surface area contributed by atoms with E-state index < -0.39 is 0 Å². The summed E-state index contributed by atoms with van der Waals surface area (Å²) < 4.78 is 0. The van der Waals surface area contributed by atoms with E-state index in [4.69, 9.17) is 5.73 Å². The van der Waals surface area contributed by atoms with Crippen molar-refractivity contribution < 1.29 is 0 Å². The summed E-state index contributed by atoms with van der Waals surface area (Å²) in [6.45, 7) is 4.25. The second-order valence-corrected chi connectivity index (χ2v) is 3.87. The minimum atomic E-state index is 0.0410. The molecule has 1 aromatic heterocycles. The number of nitrogens with two attached hydrogens (primary N) is 1. The maximum Gasteiger partial charge on any atom is 0.192 e. The van der Waals surface area contributed by atoms with Crippen molar-refractivity contribution in [2.24, 2.45) is 5.73 Å². The summed E-state index contributed by atoms with van der Waals surface area (Å²) in [4.78, 5) is 15.1. The number of pyridine rings is 1. The van der Waals surface area contributed by atoms with Gasteiger partial charge in [-0.25, -0.2) is 0 Å². The van der Waals surface area contributed by atoms with Crippen LogP contribution in [0.5, 0.6) is 0 Å². The van der Waals surface area contributed by atoms with Crippen LogP contribution in [0.15, 0.2) is 41.5 Å². The van der Waals surface area contributed by atoms with E-state index in [0.29, 0.717) is 24.1 Å². The highest BCUT2D eigenvalue weighted by Gasteiger charge is 2.05. The lowest BCUT2D eigenvalue weighted by Gasteiger charge is -2.04. The van der Waals surface area contributed by atoms with Gasteiger partial charge in [-0.15, -0.1) is 0 Å². The highest BCUT2D eigenvalue weighted by atomic mass is 16.1. The van der Waals surface area contributed by atoms with Crippen molar-refractivity contribution in [3.63, 3.8) is 0 Å². The summed E-state index contributed by atoms with van der Waals surface area (Å²) in [5.41, 5.74) is 8.91. The summed E-state index contributed by atoms with van der Waals surface area (Å²) >= 11 is 0. The molecule has 2 aromatic rings. The molecule has 3 nitrogen and oxygen atoms in total. The number of nitrogens with one attached hydrogen (secondary N) is 1. The predicted molar refractivity (Wildman–Crippen MR) is 69.5 cm³/mol. The van der Waals surface area contributed by atoms with Gasteiger partial charge in [0.2, 0.25) is 0 Å². The fourth-order valence-electron chi connectivity index (χ4n) is 1.75. The Balaban J connectivity index is 2.49. The molecule has 0 saturated heterocycles. The third-order valence-corrected chi connectivity index (χ3v) is 2.79. The highest BCUT2D eigenvalue weighted by molar-refractivity contribution is 5.63. The summed E-state index contributed by atoms with van der Waals surface area (Å²) in [5, 5.41) is 0. The van der Waals surface area contributed by atoms with Gasteiger partial charge < -0.3 is 10.7 Å². The summed E-state index contributed by atoms with van der Waals surface area (Å²) in [5.74, 6) is 0. The maximum atomic E-state index is 12.1. The molecule has 1 aromatic carbocycles. The number of aromatic nitrogens is 1. The number of aromatic amines is 1. The first-order chi connectivity index (χ1) is 8.26. The first kappa shape index (κ1) is 11.6. The van der Waals surface area contributed by atoms with Gasteiger partial charge in [0.15, 0.2) is 5.43 Å². The Morgan fingerprint density at radius 1 is 1.18 bits per heavy atom. The maximum absolute atomic E-state index is 12.1. The van der Waals surface area contributed by atoms with Crippen molar-refractivity contribution in [1.29, 1.82) is 0 Å². The first-order valence-corrected chi connectivity index (χ1v) is 5.55. The van der Waals surface area contributed by atoms with E-state index in [-0.39, 0.29) is 5.43 Å². The lowest BCUT2D eigenvalue weighted by molar-refractivity contribution is 1.07. The molecule has 0 aliphatic heterocycles. The van der Waals surface area contributed by atoms with Crippen LogP contribution < -0.4 is 11.2 Å². The summed E-state index contributed by atoms with van der Waals surface area (Å²) in [6, 6.07) is 7.70. The number of hydrogen-bond acceptors (Lipinski definition) is 2. The molecule has 2 rings (SSSR count). The fraction of sp³-hybridized carbons (Fsp3) is 0.143. The zero-order chi connectivity index (χ0) is 12.3. The van der Waals surface area contributed by atoms with Gasteiger partial charge in [-0.2, -0.15) is 0 Å². The quantitative estimate of drug-likeness (QED) is 0.841. The molecule has 0 aliphatic rings. The number of rotatable bonds is 3. The van der Waals surface area contributed by atoms with E-state index >= 15 is 0 Å². The van der Waals surface area contributed by atoms with Crippen molar-refractivity contribution in [2.45, 2.75) is 13.0 Å². The molecular weight excluding hydrogens is 212 g/mol. The van der Waals surface area contributed by atoms with Crippen LogP contribution in [0.25, 0.3) is 11.1 Å². The minimum Gasteiger partial charge on any atom is -0.367 e. The topological polar surface area (TPSA) is 58.9 Å². The Bertz CT molecular complexity index is 555. The van der Waals surface area contributed by atoms with Gasteiger partial charge >= 0.3 is 0 Å². The third kappa shape index (κ3) is 2.29. The molecule has 0 atom stereocenters. The van der Waals surface area contributed by atoms with Gasteiger partial charge in [0, 0.05) is 30.1 Å². The minimum absolute atomic E-state index is 0.0410. The third-order valence-electron chi connectivity index (χ3n) is 2.79. The second-order valence-electron chi connectivity index (χ2n) is 3.87. The van der Waals surface area contributed by atoms with Crippen LogP contribution in [0.3, 0.4) is 0 Å². The highest BCUT2D eigenvalue weighted by Crippen LogP contribution is 2.15. The van der Waals surface area contributed by atoms with Crippen LogP contribution in [-0.4, -0.2) is 4.98 Å². The molecule has 0 spiro atoms. The van der Waals surface area contributed by atoms with Crippen LogP contribution in [0, 0.1) is 6.92 Å². The van der Waals surface area contributed by atoms with E-state index in [1.165, 1.54) is 0 Å². The molecule has 17 heavy (non-hydrogen) atoms. The molecule has 0 fully saturated rings. The normalized spacial score (nSPS) is 10.5. The second kappa shape index (κ2) is 4.97. The van der Waals surface area contributed by atoms with Crippen molar-refractivity contribution >= 4 is 0 Å². The average molecular weight is 227 g/mol. The molecule has 3 heteroatoms. The van der Waals surface area contributed by atoms with Gasteiger partial charge in [0.1, 0.15) is 0 Å². The number of benzene rings is 1. The van der Waals surface area contributed by atoms with E-state index in [1.54, 1.807) is 12.4 Å². The van der Waals surface area contributed by atoms with E-state index in [9.17, 15) is 4.79 Å². The first-order valence-electron chi connectivity index (χ1n) is 5.55. The predicted octanol–water partition coefficient (Wildman–Crippen LogP) is 1.88. The standard InChI is InChI=1S/C14H15N2O/c1-2-11-8-16-9-13(14(11)17)12-5-3-10(7-15)4-6-12/h3-6,8-9H,1-2,7,15H2,(H,16,17). The molecule has 0 amide bonds. The lowest BCUT2D eigenvalue weighted by Crippen LogP contribution is -2.11. The van der Waals surface area contributed by atoms with Gasteiger partial charge in [0.25, 0.3) is 0 Å². The molecule has 0 saturated carbocycles. The fourth-order valence-corrected chi connectivity index (χ4v) is 1.75. The Morgan fingerprint density at radius 3 is 2.47 bits per heavy atom. The number of hydrogen-bond donors (Lipinski definition) is 2. The monoisotopic (exact) mass is 227 g/mol. The van der Waals surface area contributed by atoms with Gasteiger partial charge in [0.05, 0.1) is 0 Å². The van der Waals surface area contributed by atoms with Crippen LogP contribution in [0.4, 0.5) is 0 Å². The molecule has 0 bridgehead atoms. The Morgan fingerprint density at radius 2 is 1.88 bits per heavy atom. The summed E-state index contributed by atoms with van der Waals surface area (Å²) in [6.07, 6.45) is 3.91. The van der Waals surface area contributed by atoms with Crippen LogP contribution >= 0.6 is 0 Å². The smallest absolute Gasteiger partial charge is 0.192 e. The molecule has 1 radical (unpaired) electrons. The van der Waals surface area contributed by atoms with E-state index in [1.807, 2.05) is 24.3 Å². The van der Waals surface area contributed by atoms with Crippen LogP contribution in [0.2, 0.25) is 0 Å². The van der Waals surface area contributed by atoms with Crippen LogP contribution in [0.1, 0.15) is 11.1 Å². The molecule has 87 valence electrons. The van der Waals surface area contributed by atoms with Gasteiger partial charge in [-0.1, -0.05) is 24.3 Å². The average Bonchev–Trinajstić information content (AvgIpc) is 2.39. The van der Waals surface area contributed by atoms with Crippen molar-refractivity contribution in [2.75, 3.05) is 0 Å². The molecule has 0 unspecified atom stereocenters. The van der Waals surface area contributed by atoms with Crippen molar-refractivity contribution in [1.82, 2.24) is 4.98 Å². The Hall–Kier alpha value is -1.87. The van der Waals surface area contributed by atoms with E-state index in [0.717, 1.165) is 11.1 Å². The van der Waals surface area contributed by atoms with Gasteiger partial charge in [-0.05, 0) is 24.5 Å². The largest absolute Gasteiger partial charge is 0.367 e. The molecule has 1 heterocycles. The zero-order valence-electron chi connectivity index (χ0n) is 9.57. The number of H-pyrrole nitrogens is 1.